The van der Waals surface area contributed by atoms with Gasteiger partial charge < -0.3 is 5.32 Å². The molecule has 0 fully saturated rings. The molecule has 0 spiro atoms. The number of hydrogen-bond acceptors (Lipinski definition) is 6. The zero-order valence-corrected chi connectivity index (χ0v) is 7.80. The van der Waals surface area contributed by atoms with E-state index in [9.17, 15) is 0 Å². The molecule has 0 amide bonds. The molecule has 0 bridgehead atoms. The van der Waals surface area contributed by atoms with Gasteiger partial charge in [-0.1, -0.05) is 11.3 Å². The quantitative estimate of drug-likeness (QED) is 0.750. The third kappa shape index (κ3) is 2.00. The van der Waals surface area contributed by atoms with Gasteiger partial charge in [0, 0.05) is 0 Å². The van der Waals surface area contributed by atoms with Crippen molar-refractivity contribution in [1.29, 1.82) is 0 Å². The molecule has 0 unspecified atom stereocenters. The number of nitrogens with one attached hydrogen (secondary N) is 2. The van der Waals surface area contributed by atoms with E-state index in [2.05, 4.69) is 30.9 Å². The fourth-order valence-corrected chi connectivity index (χ4v) is 1.43. The van der Waals surface area contributed by atoms with E-state index in [1.54, 1.807) is 6.20 Å². The van der Waals surface area contributed by atoms with E-state index < -0.39 is 0 Å². The van der Waals surface area contributed by atoms with Crippen LogP contribution in [0, 0.1) is 6.92 Å². The van der Waals surface area contributed by atoms with Crippen molar-refractivity contribution in [2.24, 2.45) is 0 Å². The van der Waals surface area contributed by atoms with E-state index in [1.807, 2.05) is 6.92 Å². The molecular formula is C6H8N6S. The van der Waals surface area contributed by atoms with E-state index in [0.29, 0.717) is 6.54 Å². The Morgan fingerprint density at radius 1 is 1.54 bits per heavy atom. The van der Waals surface area contributed by atoms with Gasteiger partial charge in [0.05, 0.1) is 12.7 Å². The topological polar surface area (TPSA) is 79.4 Å². The summed E-state index contributed by atoms with van der Waals surface area (Å²) >= 11 is 1.52. The number of aryl methyl sites for hydroxylation is 1. The maximum absolute atomic E-state index is 3.91. The lowest BCUT2D eigenvalue weighted by molar-refractivity contribution is 0.908. The SMILES string of the molecule is Cc1nnc(NCc2cn[nH]n2)s1. The van der Waals surface area contributed by atoms with Gasteiger partial charge in [0.15, 0.2) is 0 Å². The van der Waals surface area contributed by atoms with Crippen molar-refractivity contribution in [3.63, 3.8) is 0 Å². The first-order chi connectivity index (χ1) is 6.34. The van der Waals surface area contributed by atoms with Crippen molar-refractivity contribution in [2.75, 3.05) is 5.32 Å². The molecule has 0 aromatic carbocycles. The highest BCUT2D eigenvalue weighted by Crippen LogP contribution is 2.13. The molecule has 68 valence electrons. The van der Waals surface area contributed by atoms with Crippen LogP contribution in [0.2, 0.25) is 0 Å². The highest BCUT2D eigenvalue weighted by Gasteiger charge is 2.00. The molecule has 0 radical (unpaired) electrons. The molecule has 7 heteroatoms. The molecule has 2 N–H and O–H groups in total. The molecule has 0 saturated carbocycles. The largest absolute Gasteiger partial charge is 0.354 e. The van der Waals surface area contributed by atoms with E-state index in [4.69, 9.17) is 0 Å². The summed E-state index contributed by atoms with van der Waals surface area (Å²) < 4.78 is 0. The minimum atomic E-state index is 0.616. The Balaban J connectivity index is 1.93. The minimum absolute atomic E-state index is 0.616. The normalized spacial score (nSPS) is 10.2. The minimum Gasteiger partial charge on any atom is -0.354 e. The number of hydrogen-bond donors (Lipinski definition) is 2. The number of nitrogens with zero attached hydrogens (tertiary/aromatic N) is 4. The van der Waals surface area contributed by atoms with Crippen molar-refractivity contribution in [3.05, 3.63) is 16.9 Å². The average Bonchev–Trinajstić information content (AvgIpc) is 2.71. The summed E-state index contributed by atoms with van der Waals surface area (Å²) in [5.74, 6) is 0. The van der Waals surface area contributed by atoms with Crippen LogP contribution in [-0.2, 0) is 6.54 Å². The lowest BCUT2D eigenvalue weighted by atomic mass is 10.5. The van der Waals surface area contributed by atoms with Crippen molar-refractivity contribution < 1.29 is 0 Å². The zero-order chi connectivity index (χ0) is 9.10. The summed E-state index contributed by atoms with van der Waals surface area (Å²) in [6, 6.07) is 0. The molecule has 6 nitrogen and oxygen atoms in total. The summed E-state index contributed by atoms with van der Waals surface area (Å²) in [6.45, 7) is 2.53. The molecule has 2 aromatic rings. The van der Waals surface area contributed by atoms with Gasteiger partial charge in [-0.25, -0.2) is 0 Å². The molecule has 2 rings (SSSR count). The van der Waals surface area contributed by atoms with Crippen LogP contribution in [0.5, 0.6) is 0 Å². The fraction of sp³-hybridized carbons (Fsp3) is 0.333. The first-order valence-electron chi connectivity index (χ1n) is 3.73. The van der Waals surface area contributed by atoms with E-state index in [1.165, 1.54) is 11.3 Å². The third-order valence-electron chi connectivity index (χ3n) is 1.41. The Kier molecular flexibility index (Phi) is 2.17. The van der Waals surface area contributed by atoms with Crippen LogP contribution in [-0.4, -0.2) is 25.6 Å². The van der Waals surface area contributed by atoms with Crippen molar-refractivity contribution in [2.45, 2.75) is 13.5 Å². The van der Waals surface area contributed by atoms with Gasteiger partial charge in [-0.2, -0.15) is 15.4 Å². The standard InChI is InChI=1S/C6H8N6S/c1-4-9-11-6(13-4)7-2-5-3-8-12-10-5/h3H,2H2,1H3,(H,7,11)(H,8,10,12). The number of H-pyrrole nitrogens is 1. The zero-order valence-electron chi connectivity index (χ0n) is 6.98. The fourth-order valence-electron chi connectivity index (χ4n) is 0.845. The smallest absolute Gasteiger partial charge is 0.205 e. The lowest BCUT2D eigenvalue weighted by Gasteiger charge is -1.95. The van der Waals surface area contributed by atoms with E-state index in [0.717, 1.165) is 15.8 Å². The maximum atomic E-state index is 3.91. The van der Waals surface area contributed by atoms with Crippen molar-refractivity contribution in [1.82, 2.24) is 25.6 Å². The molecule has 0 aliphatic carbocycles. The predicted molar refractivity (Wildman–Crippen MR) is 48.4 cm³/mol. The summed E-state index contributed by atoms with van der Waals surface area (Å²) in [5.41, 5.74) is 0.854. The van der Waals surface area contributed by atoms with Gasteiger partial charge in [0.2, 0.25) is 5.13 Å². The van der Waals surface area contributed by atoms with Gasteiger partial charge in [0.25, 0.3) is 0 Å². The second-order valence-electron chi connectivity index (χ2n) is 2.44. The summed E-state index contributed by atoms with van der Waals surface area (Å²) in [7, 11) is 0. The molecule has 13 heavy (non-hydrogen) atoms. The molecular weight excluding hydrogens is 188 g/mol. The van der Waals surface area contributed by atoms with Crippen LogP contribution in [0.25, 0.3) is 0 Å². The second-order valence-corrected chi connectivity index (χ2v) is 3.62. The monoisotopic (exact) mass is 196 g/mol. The van der Waals surface area contributed by atoms with Crippen molar-refractivity contribution >= 4 is 16.5 Å². The highest BCUT2D eigenvalue weighted by molar-refractivity contribution is 7.15. The first kappa shape index (κ1) is 8.11. The summed E-state index contributed by atoms with van der Waals surface area (Å²) in [6.07, 6.45) is 1.67. The Labute approximate surface area is 78.4 Å². The van der Waals surface area contributed by atoms with E-state index >= 15 is 0 Å². The van der Waals surface area contributed by atoms with Gasteiger partial charge in [-0.05, 0) is 6.92 Å². The van der Waals surface area contributed by atoms with Gasteiger partial charge in [-0.15, -0.1) is 10.2 Å². The molecule has 0 aliphatic rings. The van der Waals surface area contributed by atoms with Crippen LogP contribution in [0.1, 0.15) is 10.7 Å². The number of anilines is 1. The predicted octanol–water partition coefficient (Wildman–Crippen LogP) is 0.577. The second kappa shape index (κ2) is 3.48. The van der Waals surface area contributed by atoms with Crippen LogP contribution < -0.4 is 5.32 Å². The Bertz CT molecular complexity index is 366. The molecule has 0 aliphatic heterocycles. The Morgan fingerprint density at radius 2 is 2.46 bits per heavy atom. The van der Waals surface area contributed by atoms with Gasteiger partial charge in [-0.3, -0.25) is 0 Å². The van der Waals surface area contributed by atoms with Crippen LogP contribution in [0.4, 0.5) is 5.13 Å². The van der Waals surface area contributed by atoms with Gasteiger partial charge >= 0.3 is 0 Å². The third-order valence-corrected chi connectivity index (χ3v) is 2.21. The number of aromatic nitrogens is 5. The van der Waals surface area contributed by atoms with Gasteiger partial charge in [0.1, 0.15) is 10.7 Å². The Morgan fingerprint density at radius 3 is 3.08 bits per heavy atom. The maximum Gasteiger partial charge on any atom is 0.205 e. The lowest BCUT2D eigenvalue weighted by Crippen LogP contribution is -1.99. The van der Waals surface area contributed by atoms with Crippen molar-refractivity contribution in [3.8, 4) is 0 Å². The van der Waals surface area contributed by atoms with Crippen LogP contribution in [0.15, 0.2) is 6.20 Å². The summed E-state index contributed by atoms with van der Waals surface area (Å²) in [4.78, 5) is 0. The van der Waals surface area contributed by atoms with Crippen LogP contribution >= 0.6 is 11.3 Å². The summed E-state index contributed by atoms with van der Waals surface area (Å²) in [5, 5.41) is 22.8. The van der Waals surface area contributed by atoms with Crippen LogP contribution in [0.3, 0.4) is 0 Å². The van der Waals surface area contributed by atoms with E-state index in [-0.39, 0.29) is 0 Å². The number of aromatic amines is 1. The number of rotatable bonds is 3. The molecule has 2 heterocycles. The molecule has 0 atom stereocenters. The molecule has 2 aromatic heterocycles. The molecule has 0 saturated heterocycles. The Hall–Kier alpha value is -1.50. The average molecular weight is 196 g/mol. The highest BCUT2D eigenvalue weighted by atomic mass is 32.1. The first-order valence-corrected chi connectivity index (χ1v) is 4.55.